The second-order valence-electron chi connectivity index (χ2n) is 2.47. The third-order valence-corrected chi connectivity index (χ3v) is 1.79. The molecule has 72 valence electrons. The Kier molecular flexibility index (Phi) is 3.59. The number of halogens is 3. The molecular formula is C8H8ClF2NO. The van der Waals surface area contributed by atoms with Crippen LogP contribution in [0.15, 0.2) is 12.1 Å². The van der Waals surface area contributed by atoms with E-state index in [9.17, 15) is 8.78 Å². The van der Waals surface area contributed by atoms with E-state index in [1.807, 2.05) is 0 Å². The fourth-order valence-electron chi connectivity index (χ4n) is 0.972. The third kappa shape index (κ3) is 2.62. The van der Waals surface area contributed by atoms with Crippen LogP contribution in [0, 0.1) is 11.6 Å². The van der Waals surface area contributed by atoms with Gasteiger partial charge >= 0.3 is 0 Å². The molecule has 0 bridgehead atoms. The first-order chi connectivity index (χ1) is 6.15. The lowest BCUT2D eigenvalue weighted by molar-refractivity contribution is 0.140. The van der Waals surface area contributed by atoms with Gasteiger partial charge in [0.1, 0.15) is 11.6 Å². The van der Waals surface area contributed by atoms with Crippen LogP contribution in [0.2, 0.25) is 5.02 Å². The number of hydrogen-bond acceptors (Lipinski definition) is 2. The van der Waals surface area contributed by atoms with Crippen molar-refractivity contribution in [2.75, 3.05) is 6.61 Å². The first-order valence-electron chi connectivity index (χ1n) is 3.60. The van der Waals surface area contributed by atoms with E-state index in [0.29, 0.717) is 0 Å². The highest BCUT2D eigenvalue weighted by Crippen LogP contribution is 2.19. The molecule has 1 aromatic carbocycles. The molecule has 0 spiro atoms. The van der Waals surface area contributed by atoms with Gasteiger partial charge in [0.05, 0.1) is 6.61 Å². The molecule has 0 fully saturated rings. The zero-order valence-electron chi connectivity index (χ0n) is 6.69. The molecule has 0 aliphatic rings. The maximum Gasteiger partial charge on any atom is 0.130 e. The van der Waals surface area contributed by atoms with E-state index < -0.39 is 11.6 Å². The van der Waals surface area contributed by atoms with Crippen molar-refractivity contribution in [2.45, 2.75) is 6.42 Å². The maximum absolute atomic E-state index is 13.0. The van der Waals surface area contributed by atoms with Gasteiger partial charge in [0.15, 0.2) is 0 Å². The number of rotatable bonds is 3. The van der Waals surface area contributed by atoms with Gasteiger partial charge in [-0.1, -0.05) is 11.6 Å². The van der Waals surface area contributed by atoms with Crippen molar-refractivity contribution in [3.05, 3.63) is 34.4 Å². The minimum Gasteiger partial charge on any atom is -0.304 e. The van der Waals surface area contributed by atoms with Gasteiger partial charge < -0.3 is 4.84 Å². The summed E-state index contributed by atoms with van der Waals surface area (Å²) < 4.78 is 26.0. The van der Waals surface area contributed by atoms with E-state index in [4.69, 9.17) is 17.5 Å². The second kappa shape index (κ2) is 4.50. The van der Waals surface area contributed by atoms with Crippen molar-refractivity contribution >= 4 is 11.6 Å². The average molecular weight is 208 g/mol. The van der Waals surface area contributed by atoms with Crippen LogP contribution >= 0.6 is 11.6 Å². The summed E-state index contributed by atoms with van der Waals surface area (Å²) in [5.41, 5.74) is -0.0603. The summed E-state index contributed by atoms with van der Waals surface area (Å²) in [6.07, 6.45) is 0.0886. The Hall–Kier alpha value is -0.710. The minimum atomic E-state index is -0.679. The number of nitrogens with two attached hydrogens (primary N) is 1. The van der Waals surface area contributed by atoms with E-state index in [2.05, 4.69) is 4.84 Å². The summed E-state index contributed by atoms with van der Waals surface area (Å²) in [5, 5.41) is 0.0346. The molecule has 0 aromatic heterocycles. The van der Waals surface area contributed by atoms with Crippen LogP contribution in [0.5, 0.6) is 0 Å². The van der Waals surface area contributed by atoms with Gasteiger partial charge in [-0.15, -0.1) is 0 Å². The minimum absolute atomic E-state index is 0.0346. The zero-order valence-corrected chi connectivity index (χ0v) is 7.44. The summed E-state index contributed by atoms with van der Waals surface area (Å²) in [5.74, 6) is 3.38. The molecule has 1 aromatic rings. The molecule has 0 radical (unpaired) electrons. The molecule has 0 aliphatic carbocycles. The molecule has 0 aliphatic heterocycles. The Morgan fingerprint density at radius 1 is 1.31 bits per heavy atom. The van der Waals surface area contributed by atoms with Gasteiger partial charge in [-0.25, -0.2) is 14.7 Å². The van der Waals surface area contributed by atoms with E-state index >= 15 is 0 Å². The van der Waals surface area contributed by atoms with Crippen LogP contribution in [0.25, 0.3) is 0 Å². The first kappa shape index (κ1) is 10.4. The Labute approximate surface area is 79.2 Å². The van der Waals surface area contributed by atoms with Crippen LogP contribution in [-0.2, 0) is 11.3 Å². The maximum atomic E-state index is 13.0. The molecule has 2 nitrogen and oxygen atoms in total. The Morgan fingerprint density at radius 2 is 1.85 bits per heavy atom. The Bertz CT molecular complexity index is 283. The first-order valence-corrected chi connectivity index (χ1v) is 3.98. The number of hydrogen-bond donors (Lipinski definition) is 1. The Balaban J connectivity index is 2.92. The van der Waals surface area contributed by atoms with Crippen molar-refractivity contribution in [3.8, 4) is 0 Å². The standard InChI is InChI=1S/C8H8ClF2NO/c9-5-3-7(10)6(1-2-13-12)8(11)4-5/h3-4H,1-2,12H2. The van der Waals surface area contributed by atoms with Gasteiger partial charge in [-0.2, -0.15) is 0 Å². The molecule has 1 rings (SSSR count). The predicted octanol–water partition coefficient (Wildman–Crippen LogP) is 2.05. The summed E-state index contributed by atoms with van der Waals surface area (Å²) in [6.45, 7) is 0.0650. The monoisotopic (exact) mass is 207 g/mol. The summed E-state index contributed by atoms with van der Waals surface area (Å²) in [4.78, 5) is 4.22. The molecule has 13 heavy (non-hydrogen) atoms. The van der Waals surface area contributed by atoms with E-state index in [1.165, 1.54) is 0 Å². The van der Waals surface area contributed by atoms with Crippen molar-refractivity contribution in [3.63, 3.8) is 0 Å². The van der Waals surface area contributed by atoms with Crippen molar-refractivity contribution in [1.29, 1.82) is 0 Å². The molecule has 2 N–H and O–H groups in total. The summed E-state index contributed by atoms with van der Waals surface area (Å²) >= 11 is 5.42. The van der Waals surface area contributed by atoms with Gasteiger partial charge in [0, 0.05) is 17.0 Å². The molecule has 0 atom stereocenters. The lowest BCUT2D eigenvalue weighted by Gasteiger charge is -2.04. The fourth-order valence-corrected chi connectivity index (χ4v) is 1.16. The summed E-state index contributed by atoms with van der Waals surface area (Å²) in [6, 6.07) is 2.10. The molecular weight excluding hydrogens is 200 g/mol. The van der Waals surface area contributed by atoms with Crippen LogP contribution < -0.4 is 5.90 Å². The smallest absolute Gasteiger partial charge is 0.130 e. The van der Waals surface area contributed by atoms with Crippen LogP contribution in [-0.4, -0.2) is 6.61 Å². The molecule has 0 saturated carbocycles. The van der Waals surface area contributed by atoms with Crippen molar-refractivity contribution < 1.29 is 13.6 Å². The molecule has 0 heterocycles. The molecule has 5 heteroatoms. The highest BCUT2D eigenvalue weighted by Gasteiger charge is 2.09. The SMILES string of the molecule is NOCCc1c(F)cc(Cl)cc1F. The molecule has 0 saturated heterocycles. The van der Waals surface area contributed by atoms with Gasteiger partial charge in [-0.3, -0.25) is 0 Å². The van der Waals surface area contributed by atoms with Crippen LogP contribution in [0.4, 0.5) is 8.78 Å². The van der Waals surface area contributed by atoms with Gasteiger partial charge in [-0.05, 0) is 12.1 Å². The molecule has 0 amide bonds. The Morgan fingerprint density at radius 3 is 2.31 bits per heavy atom. The average Bonchev–Trinajstić information content (AvgIpc) is 2.02. The van der Waals surface area contributed by atoms with Crippen LogP contribution in [0.1, 0.15) is 5.56 Å². The molecule has 0 unspecified atom stereocenters. The highest BCUT2D eigenvalue weighted by atomic mass is 35.5. The third-order valence-electron chi connectivity index (χ3n) is 1.58. The lowest BCUT2D eigenvalue weighted by Crippen LogP contribution is -2.06. The van der Waals surface area contributed by atoms with Gasteiger partial charge in [0.2, 0.25) is 0 Å². The quantitative estimate of drug-likeness (QED) is 0.770. The fraction of sp³-hybridized carbons (Fsp3) is 0.250. The topological polar surface area (TPSA) is 35.2 Å². The number of benzene rings is 1. The summed E-state index contributed by atoms with van der Waals surface area (Å²) in [7, 11) is 0. The zero-order chi connectivity index (χ0) is 9.84. The van der Waals surface area contributed by atoms with E-state index in [-0.39, 0.29) is 23.6 Å². The van der Waals surface area contributed by atoms with Crippen molar-refractivity contribution in [2.24, 2.45) is 5.90 Å². The predicted molar refractivity (Wildman–Crippen MR) is 45.2 cm³/mol. The van der Waals surface area contributed by atoms with Crippen LogP contribution in [0.3, 0.4) is 0 Å². The normalized spacial score (nSPS) is 10.5. The highest BCUT2D eigenvalue weighted by molar-refractivity contribution is 6.30. The van der Waals surface area contributed by atoms with E-state index in [0.717, 1.165) is 12.1 Å². The van der Waals surface area contributed by atoms with Gasteiger partial charge in [0.25, 0.3) is 0 Å². The van der Waals surface area contributed by atoms with E-state index in [1.54, 1.807) is 0 Å². The van der Waals surface area contributed by atoms with Crippen molar-refractivity contribution in [1.82, 2.24) is 0 Å². The lowest BCUT2D eigenvalue weighted by atomic mass is 10.1. The largest absolute Gasteiger partial charge is 0.304 e. The second-order valence-corrected chi connectivity index (χ2v) is 2.91.